The zero-order chi connectivity index (χ0) is 20.0. The van der Waals surface area contributed by atoms with E-state index in [-0.39, 0.29) is 5.91 Å². The van der Waals surface area contributed by atoms with Crippen molar-refractivity contribution in [1.29, 1.82) is 0 Å². The fourth-order valence-electron chi connectivity index (χ4n) is 3.11. The van der Waals surface area contributed by atoms with Crippen molar-refractivity contribution in [2.45, 2.75) is 4.90 Å². The molecule has 1 aliphatic rings. The van der Waals surface area contributed by atoms with Crippen LogP contribution in [0.2, 0.25) is 0 Å². The first-order valence-corrected chi connectivity index (χ1v) is 10.6. The molecule has 1 amide bonds. The van der Waals surface area contributed by atoms with Gasteiger partial charge in [0, 0.05) is 44.8 Å². The van der Waals surface area contributed by atoms with Gasteiger partial charge in [-0.2, -0.15) is 4.31 Å². The van der Waals surface area contributed by atoms with Crippen LogP contribution in [0.3, 0.4) is 0 Å². The summed E-state index contributed by atoms with van der Waals surface area (Å²) in [4.78, 5) is 14.7. The number of hydrogen-bond acceptors (Lipinski definition) is 5. The van der Waals surface area contributed by atoms with Crippen LogP contribution in [0.1, 0.15) is 10.4 Å². The number of hydrogen-bond donors (Lipinski definition) is 1. The molecule has 1 heterocycles. The Morgan fingerprint density at radius 1 is 1.00 bits per heavy atom. The fourth-order valence-corrected chi connectivity index (χ4v) is 4.55. The van der Waals surface area contributed by atoms with E-state index in [1.165, 1.54) is 4.31 Å². The molecule has 1 N–H and O–H groups in total. The molecule has 0 aliphatic carbocycles. The molecule has 0 spiro atoms. The Bertz CT molecular complexity index is 877. The van der Waals surface area contributed by atoms with Crippen molar-refractivity contribution in [2.24, 2.45) is 0 Å². The first-order valence-electron chi connectivity index (χ1n) is 9.20. The molecule has 0 bridgehead atoms. The lowest BCUT2D eigenvalue weighted by atomic mass is 10.2. The molecular weight excluding hydrogens is 378 g/mol. The molecule has 0 unspecified atom stereocenters. The van der Waals surface area contributed by atoms with E-state index in [2.05, 4.69) is 10.2 Å². The van der Waals surface area contributed by atoms with E-state index in [4.69, 9.17) is 4.74 Å². The van der Waals surface area contributed by atoms with Gasteiger partial charge in [-0.25, -0.2) is 8.42 Å². The highest BCUT2D eigenvalue weighted by molar-refractivity contribution is 7.89. The second-order valence-corrected chi connectivity index (χ2v) is 8.48. The number of nitrogens with zero attached hydrogens (tertiary/aromatic N) is 2. The number of rotatable bonds is 7. The number of carbonyl (C=O) groups is 1. The maximum Gasteiger partial charge on any atom is 0.251 e. The molecule has 0 saturated carbocycles. The largest absolute Gasteiger partial charge is 0.497 e. The van der Waals surface area contributed by atoms with Gasteiger partial charge in [0.2, 0.25) is 10.0 Å². The van der Waals surface area contributed by atoms with E-state index in [1.807, 2.05) is 0 Å². The Labute approximate surface area is 166 Å². The second kappa shape index (κ2) is 9.18. The predicted molar refractivity (Wildman–Crippen MR) is 107 cm³/mol. The quantitative estimate of drug-likeness (QED) is 0.757. The summed E-state index contributed by atoms with van der Waals surface area (Å²) in [7, 11) is -1.85. The summed E-state index contributed by atoms with van der Waals surface area (Å²) >= 11 is 0. The monoisotopic (exact) mass is 403 g/mol. The van der Waals surface area contributed by atoms with E-state index in [0.717, 1.165) is 0 Å². The Morgan fingerprint density at radius 2 is 1.64 bits per heavy atom. The summed E-state index contributed by atoms with van der Waals surface area (Å²) in [6.07, 6.45) is 0. The molecule has 8 heteroatoms. The SMILES string of the molecule is COc1ccc(C(=O)NCCN2CCN(S(=O)(=O)c3ccccc3)CC2)cc1. The molecule has 150 valence electrons. The van der Waals surface area contributed by atoms with Gasteiger partial charge in [0.15, 0.2) is 0 Å². The minimum Gasteiger partial charge on any atom is -0.497 e. The number of amides is 1. The standard InChI is InChI=1S/C20H25N3O4S/c1-27-18-9-7-17(8-10-18)20(24)21-11-12-22-13-15-23(16-14-22)28(25,26)19-5-3-2-4-6-19/h2-10H,11-16H2,1H3,(H,21,24). The number of sulfonamides is 1. The van der Waals surface area contributed by atoms with Gasteiger partial charge < -0.3 is 10.1 Å². The molecular formula is C20H25N3O4S. The van der Waals surface area contributed by atoms with E-state index < -0.39 is 10.0 Å². The number of benzene rings is 2. The van der Waals surface area contributed by atoms with Crippen molar-refractivity contribution in [3.63, 3.8) is 0 Å². The van der Waals surface area contributed by atoms with Crippen LogP contribution < -0.4 is 10.1 Å². The minimum atomic E-state index is -3.43. The average molecular weight is 404 g/mol. The van der Waals surface area contributed by atoms with Crippen molar-refractivity contribution in [3.05, 3.63) is 60.2 Å². The van der Waals surface area contributed by atoms with E-state index in [1.54, 1.807) is 61.7 Å². The molecule has 2 aromatic carbocycles. The van der Waals surface area contributed by atoms with E-state index >= 15 is 0 Å². The van der Waals surface area contributed by atoms with Crippen LogP contribution in [0.15, 0.2) is 59.5 Å². The maximum absolute atomic E-state index is 12.6. The highest BCUT2D eigenvalue weighted by Gasteiger charge is 2.28. The normalized spacial score (nSPS) is 15.9. The van der Waals surface area contributed by atoms with Gasteiger partial charge in [-0.15, -0.1) is 0 Å². The van der Waals surface area contributed by atoms with Crippen LogP contribution in [0.25, 0.3) is 0 Å². The highest BCUT2D eigenvalue weighted by Crippen LogP contribution is 2.17. The Balaban J connectivity index is 1.44. The second-order valence-electron chi connectivity index (χ2n) is 6.54. The van der Waals surface area contributed by atoms with Crippen LogP contribution in [-0.2, 0) is 10.0 Å². The lowest BCUT2D eigenvalue weighted by Gasteiger charge is -2.33. The van der Waals surface area contributed by atoms with Crippen LogP contribution in [-0.4, -0.2) is 69.9 Å². The van der Waals surface area contributed by atoms with Crippen molar-refractivity contribution < 1.29 is 17.9 Å². The minimum absolute atomic E-state index is 0.132. The van der Waals surface area contributed by atoms with Gasteiger partial charge in [0.1, 0.15) is 5.75 Å². The number of methoxy groups -OCH3 is 1. The summed E-state index contributed by atoms with van der Waals surface area (Å²) in [5.74, 6) is 0.577. The summed E-state index contributed by atoms with van der Waals surface area (Å²) in [6.45, 7) is 3.37. The maximum atomic E-state index is 12.6. The van der Waals surface area contributed by atoms with Gasteiger partial charge >= 0.3 is 0 Å². The number of carbonyl (C=O) groups excluding carboxylic acids is 1. The molecule has 3 rings (SSSR count). The van der Waals surface area contributed by atoms with Crippen LogP contribution in [0.4, 0.5) is 0 Å². The molecule has 0 radical (unpaired) electrons. The molecule has 0 aromatic heterocycles. The molecule has 1 fully saturated rings. The van der Waals surface area contributed by atoms with E-state index in [0.29, 0.717) is 55.5 Å². The first kappa shape index (κ1) is 20.3. The third-order valence-electron chi connectivity index (χ3n) is 4.78. The smallest absolute Gasteiger partial charge is 0.251 e. The van der Waals surface area contributed by atoms with Crippen molar-refractivity contribution >= 4 is 15.9 Å². The number of ether oxygens (including phenoxy) is 1. The van der Waals surface area contributed by atoms with Crippen LogP contribution in [0.5, 0.6) is 5.75 Å². The molecule has 7 nitrogen and oxygen atoms in total. The third-order valence-corrected chi connectivity index (χ3v) is 6.69. The Hall–Kier alpha value is -2.42. The number of nitrogens with one attached hydrogen (secondary N) is 1. The average Bonchev–Trinajstić information content (AvgIpc) is 2.74. The van der Waals surface area contributed by atoms with E-state index in [9.17, 15) is 13.2 Å². The summed E-state index contributed by atoms with van der Waals surface area (Å²) in [5, 5.41) is 2.90. The highest BCUT2D eigenvalue weighted by atomic mass is 32.2. The van der Waals surface area contributed by atoms with Gasteiger partial charge in [-0.05, 0) is 36.4 Å². The topological polar surface area (TPSA) is 79.0 Å². The molecule has 28 heavy (non-hydrogen) atoms. The van der Waals surface area contributed by atoms with Gasteiger partial charge in [-0.3, -0.25) is 9.69 Å². The Morgan fingerprint density at radius 3 is 2.25 bits per heavy atom. The van der Waals surface area contributed by atoms with Crippen LogP contribution >= 0.6 is 0 Å². The lowest BCUT2D eigenvalue weighted by molar-refractivity contribution is 0.0945. The van der Waals surface area contributed by atoms with Crippen molar-refractivity contribution in [2.75, 3.05) is 46.4 Å². The predicted octanol–water partition coefficient (Wildman–Crippen LogP) is 1.43. The zero-order valence-electron chi connectivity index (χ0n) is 15.9. The number of piperazine rings is 1. The van der Waals surface area contributed by atoms with Gasteiger partial charge in [-0.1, -0.05) is 18.2 Å². The zero-order valence-corrected chi connectivity index (χ0v) is 16.7. The first-order chi connectivity index (χ1) is 13.5. The molecule has 2 aromatic rings. The van der Waals surface area contributed by atoms with Crippen molar-refractivity contribution in [3.8, 4) is 5.75 Å². The lowest BCUT2D eigenvalue weighted by Crippen LogP contribution is -2.50. The van der Waals surface area contributed by atoms with Gasteiger partial charge in [0.25, 0.3) is 5.91 Å². The van der Waals surface area contributed by atoms with Crippen molar-refractivity contribution in [1.82, 2.24) is 14.5 Å². The fraction of sp³-hybridized carbons (Fsp3) is 0.350. The van der Waals surface area contributed by atoms with Crippen LogP contribution in [0, 0.1) is 0 Å². The summed E-state index contributed by atoms with van der Waals surface area (Å²) < 4.78 is 31.9. The summed E-state index contributed by atoms with van der Waals surface area (Å²) in [5.41, 5.74) is 0.583. The molecule has 0 atom stereocenters. The van der Waals surface area contributed by atoms with Gasteiger partial charge in [0.05, 0.1) is 12.0 Å². The molecule has 1 saturated heterocycles. The third kappa shape index (κ3) is 4.89. The Kier molecular flexibility index (Phi) is 6.66. The summed E-state index contributed by atoms with van der Waals surface area (Å²) in [6, 6.07) is 15.5. The molecule has 1 aliphatic heterocycles.